The van der Waals surface area contributed by atoms with Crippen molar-refractivity contribution >= 4 is 34.1 Å². The molecule has 9 heteroatoms. The Morgan fingerprint density at radius 3 is 2.62 bits per heavy atom. The minimum Gasteiger partial charge on any atom is -0.462 e. The highest BCUT2D eigenvalue weighted by Crippen LogP contribution is 2.34. The van der Waals surface area contributed by atoms with E-state index >= 15 is 0 Å². The number of rotatable bonds is 9. The number of hydrogen-bond donors (Lipinski definition) is 2. The smallest absolute Gasteiger partial charge is 0.341 e. The van der Waals surface area contributed by atoms with Gasteiger partial charge in [-0.1, -0.05) is 30.3 Å². The lowest BCUT2D eigenvalue weighted by Crippen LogP contribution is -2.18. The van der Waals surface area contributed by atoms with E-state index in [-0.39, 0.29) is 30.4 Å². The second-order valence-corrected chi connectivity index (χ2v) is 7.97. The molecule has 0 spiro atoms. The minimum absolute atomic E-state index is 0.192. The van der Waals surface area contributed by atoms with Gasteiger partial charge in [0, 0.05) is 25.5 Å². The minimum atomic E-state index is -0.570. The molecule has 0 unspecified atom stereocenters. The first-order chi connectivity index (χ1) is 15.4. The lowest BCUT2D eigenvalue weighted by molar-refractivity contribution is -0.116. The Bertz CT molecular complexity index is 1100. The number of amides is 2. The first kappa shape index (κ1) is 23.2. The van der Waals surface area contributed by atoms with Crippen molar-refractivity contribution in [3.63, 3.8) is 0 Å². The van der Waals surface area contributed by atoms with Gasteiger partial charge in [-0.2, -0.15) is 0 Å². The summed E-state index contributed by atoms with van der Waals surface area (Å²) in [5.41, 5.74) is 1.64. The number of benzene rings is 1. The van der Waals surface area contributed by atoms with Crippen LogP contribution >= 0.6 is 11.3 Å². The zero-order chi connectivity index (χ0) is 23.1. The van der Waals surface area contributed by atoms with E-state index in [1.165, 1.54) is 7.05 Å². The van der Waals surface area contributed by atoms with Crippen molar-refractivity contribution in [3.05, 3.63) is 58.4 Å². The van der Waals surface area contributed by atoms with Crippen LogP contribution in [0, 0.1) is 6.92 Å². The summed E-state index contributed by atoms with van der Waals surface area (Å²) in [6, 6.07) is 9.66. The van der Waals surface area contributed by atoms with E-state index in [0.29, 0.717) is 39.9 Å². The molecule has 2 amide bonds. The molecule has 2 aromatic heterocycles. The number of esters is 1. The summed E-state index contributed by atoms with van der Waals surface area (Å²) in [5.74, 6) is 0.0735. The molecule has 2 N–H and O–H groups in total. The van der Waals surface area contributed by atoms with Gasteiger partial charge in [0.25, 0.3) is 5.91 Å². The first-order valence-electron chi connectivity index (χ1n) is 10.3. The molecule has 0 bridgehead atoms. The van der Waals surface area contributed by atoms with Gasteiger partial charge < -0.3 is 19.8 Å². The predicted molar refractivity (Wildman–Crippen MR) is 122 cm³/mol. The van der Waals surface area contributed by atoms with Gasteiger partial charge in [-0.05, 0) is 25.8 Å². The van der Waals surface area contributed by atoms with Crippen molar-refractivity contribution < 1.29 is 23.5 Å². The third-order valence-corrected chi connectivity index (χ3v) is 5.92. The van der Waals surface area contributed by atoms with Crippen LogP contribution in [0.1, 0.15) is 51.2 Å². The number of anilines is 1. The van der Waals surface area contributed by atoms with Crippen LogP contribution in [0.3, 0.4) is 0 Å². The summed E-state index contributed by atoms with van der Waals surface area (Å²) in [4.78, 5) is 41.7. The van der Waals surface area contributed by atoms with Crippen LogP contribution < -0.4 is 10.6 Å². The molecule has 0 aliphatic heterocycles. The topological polar surface area (TPSA) is 111 Å². The van der Waals surface area contributed by atoms with E-state index in [1.807, 2.05) is 30.3 Å². The van der Waals surface area contributed by atoms with Gasteiger partial charge in [-0.25, -0.2) is 9.78 Å². The summed E-state index contributed by atoms with van der Waals surface area (Å²) in [5, 5.41) is 5.61. The highest BCUT2D eigenvalue weighted by Gasteiger charge is 2.26. The van der Waals surface area contributed by atoms with Crippen molar-refractivity contribution in [1.82, 2.24) is 10.3 Å². The van der Waals surface area contributed by atoms with Gasteiger partial charge in [0.2, 0.25) is 5.91 Å². The second kappa shape index (κ2) is 10.7. The Hall–Kier alpha value is -3.46. The number of nitrogens with one attached hydrogen (secondary N) is 2. The second-order valence-electron chi connectivity index (χ2n) is 6.95. The van der Waals surface area contributed by atoms with Crippen molar-refractivity contribution in [1.29, 1.82) is 0 Å². The number of hydrogen-bond acceptors (Lipinski definition) is 7. The number of aryl methyl sites for hydroxylation is 1. The Kier molecular flexibility index (Phi) is 7.77. The monoisotopic (exact) mass is 455 g/mol. The number of aromatic nitrogens is 1. The summed E-state index contributed by atoms with van der Waals surface area (Å²) < 4.78 is 10.9. The number of nitrogens with zero attached hydrogens (tertiary/aromatic N) is 1. The van der Waals surface area contributed by atoms with Crippen LogP contribution in [0.4, 0.5) is 5.00 Å². The zero-order valence-corrected chi connectivity index (χ0v) is 19.0. The van der Waals surface area contributed by atoms with E-state index in [1.54, 1.807) is 20.0 Å². The zero-order valence-electron chi connectivity index (χ0n) is 18.2. The molecule has 0 radical (unpaired) electrons. The van der Waals surface area contributed by atoms with Gasteiger partial charge in [0.15, 0.2) is 11.7 Å². The summed E-state index contributed by atoms with van der Waals surface area (Å²) in [7, 11) is 1.51. The molecule has 0 saturated carbocycles. The summed E-state index contributed by atoms with van der Waals surface area (Å²) in [6.07, 6.45) is 2.89. The summed E-state index contributed by atoms with van der Waals surface area (Å²) >= 11 is 1.06. The van der Waals surface area contributed by atoms with Gasteiger partial charge in [-0.15, -0.1) is 11.3 Å². The van der Waals surface area contributed by atoms with E-state index < -0.39 is 5.97 Å². The van der Waals surface area contributed by atoms with Gasteiger partial charge in [0.05, 0.1) is 23.2 Å². The fraction of sp³-hybridized carbons (Fsp3) is 0.304. The molecule has 8 nitrogen and oxygen atoms in total. The Balaban J connectivity index is 1.63. The molecule has 2 heterocycles. The Labute approximate surface area is 190 Å². The number of carbonyl (C=O) groups is 3. The Morgan fingerprint density at radius 2 is 1.94 bits per heavy atom. The highest BCUT2D eigenvalue weighted by molar-refractivity contribution is 7.18. The SMILES string of the molecule is CCOC(=O)c1c(NC(=O)CCCc2ncc(-c3ccccc3)o2)sc(C(=O)NC)c1C. The van der Waals surface area contributed by atoms with Crippen LogP contribution in [-0.4, -0.2) is 36.4 Å². The highest BCUT2D eigenvalue weighted by atomic mass is 32.1. The van der Waals surface area contributed by atoms with E-state index in [9.17, 15) is 14.4 Å². The van der Waals surface area contributed by atoms with E-state index in [2.05, 4.69) is 15.6 Å². The average Bonchev–Trinajstić information content (AvgIpc) is 3.38. The van der Waals surface area contributed by atoms with E-state index in [4.69, 9.17) is 9.15 Å². The Morgan fingerprint density at radius 1 is 1.19 bits per heavy atom. The molecule has 32 heavy (non-hydrogen) atoms. The van der Waals surface area contributed by atoms with Crippen molar-refractivity contribution in [3.8, 4) is 11.3 Å². The fourth-order valence-corrected chi connectivity index (χ4v) is 4.29. The van der Waals surface area contributed by atoms with Crippen LogP contribution in [0.2, 0.25) is 0 Å². The molecular weight excluding hydrogens is 430 g/mol. The lowest BCUT2D eigenvalue weighted by atomic mass is 10.1. The van der Waals surface area contributed by atoms with Gasteiger partial charge in [-0.3, -0.25) is 9.59 Å². The standard InChI is InChI=1S/C23H25N3O5S/c1-4-30-23(29)19-14(2)20(21(28)24-3)32-22(19)26-17(27)11-8-12-18-25-13-16(31-18)15-9-6-5-7-10-15/h5-7,9-10,13H,4,8,11-12H2,1-3H3,(H,24,28)(H,26,27). The molecule has 0 atom stereocenters. The molecule has 0 fully saturated rings. The number of carbonyl (C=O) groups excluding carboxylic acids is 3. The molecular formula is C23H25N3O5S. The van der Waals surface area contributed by atoms with Crippen molar-refractivity contribution in [2.24, 2.45) is 0 Å². The van der Waals surface area contributed by atoms with Crippen LogP contribution in [0.15, 0.2) is 40.9 Å². The van der Waals surface area contributed by atoms with Gasteiger partial charge >= 0.3 is 5.97 Å². The van der Waals surface area contributed by atoms with Crippen molar-refractivity contribution in [2.45, 2.75) is 33.1 Å². The number of thiophene rings is 1. The largest absolute Gasteiger partial charge is 0.462 e. The number of oxazole rings is 1. The molecule has 168 valence electrons. The predicted octanol–water partition coefficient (Wildman–Crippen LogP) is 4.21. The number of ether oxygens (including phenoxy) is 1. The third kappa shape index (κ3) is 5.42. The van der Waals surface area contributed by atoms with Gasteiger partial charge in [0.1, 0.15) is 5.00 Å². The van der Waals surface area contributed by atoms with Crippen LogP contribution in [0.5, 0.6) is 0 Å². The quantitative estimate of drug-likeness (QED) is 0.468. The molecule has 0 saturated heterocycles. The molecule has 1 aromatic carbocycles. The average molecular weight is 456 g/mol. The maximum atomic E-state index is 12.5. The van der Waals surface area contributed by atoms with E-state index in [0.717, 1.165) is 16.9 Å². The van der Waals surface area contributed by atoms with Crippen LogP contribution in [-0.2, 0) is 16.0 Å². The third-order valence-electron chi connectivity index (χ3n) is 4.72. The maximum Gasteiger partial charge on any atom is 0.341 e. The summed E-state index contributed by atoms with van der Waals surface area (Å²) in [6.45, 7) is 3.55. The normalized spacial score (nSPS) is 10.6. The van der Waals surface area contributed by atoms with Crippen molar-refractivity contribution in [2.75, 3.05) is 19.0 Å². The molecule has 3 aromatic rings. The molecule has 3 rings (SSSR count). The fourth-order valence-electron chi connectivity index (χ4n) is 3.13. The first-order valence-corrected chi connectivity index (χ1v) is 11.1. The molecule has 0 aliphatic carbocycles. The molecule has 0 aliphatic rings. The maximum absolute atomic E-state index is 12.5. The lowest BCUT2D eigenvalue weighted by Gasteiger charge is -2.07. The van der Waals surface area contributed by atoms with Crippen LogP contribution in [0.25, 0.3) is 11.3 Å².